The van der Waals surface area contributed by atoms with Gasteiger partial charge in [0.05, 0.1) is 12.3 Å². The molecule has 28 heavy (non-hydrogen) atoms. The summed E-state index contributed by atoms with van der Waals surface area (Å²) in [5, 5.41) is 2.78. The number of nitrogens with one attached hydrogen (secondary N) is 1. The molecule has 3 aromatic rings. The highest BCUT2D eigenvalue weighted by Gasteiger charge is 2.14. The minimum Gasteiger partial charge on any atom is -0.489 e. The molecule has 0 fully saturated rings. The summed E-state index contributed by atoms with van der Waals surface area (Å²) in [4.78, 5) is 16.9. The lowest BCUT2D eigenvalue weighted by Crippen LogP contribution is -2.14. The Morgan fingerprint density at radius 3 is 2.79 bits per heavy atom. The lowest BCUT2D eigenvalue weighted by atomic mass is 10.1. The van der Waals surface area contributed by atoms with Crippen LogP contribution in [0.4, 0.5) is 10.1 Å². The van der Waals surface area contributed by atoms with Crippen LogP contribution >= 0.6 is 0 Å². The Morgan fingerprint density at radius 2 is 2.04 bits per heavy atom. The number of carbonyl (C=O) groups excluding carboxylic acids is 1. The highest BCUT2D eigenvalue weighted by atomic mass is 19.1. The van der Waals surface area contributed by atoms with Gasteiger partial charge in [-0.2, -0.15) is 0 Å². The number of carbonyl (C=O) groups is 1. The topological polar surface area (TPSA) is 65.4 Å². The molecular weight excluding hydrogens is 361 g/mol. The van der Waals surface area contributed by atoms with E-state index in [-0.39, 0.29) is 5.56 Å². The van der Waals surface area contributed by atoms with Crippen molar-refractivity contribution in [3.8, 4) is 17.1 Å². The molecular formula is C21H22FN3O3. The summed E-state index contributed by atoms with van der Waals surface area (Å²) < 4.78 is 26.8. The number of imidazole rings is 1. The number of aryl methyl sites for hydroxylation is 1. The van der Waals surface area contributed by atoms with Gasteiger partial charge in [0.1, 0.15) is 24.0 Å². The fourth-order valence-corrected chi connectivity index (χ4v) is 2.74. The van der Waals surface area contributed by atoms with Crippen LogP contribution in [-0.4, -0.2) is 35.3 Å². The van der Waals surface area contributed by atoms with E-state index in [2.05, 4.69) is 10.3 Å². The van der Waals surface area contributed by atoms with Crippen molar-refractivity contribution in [1.29, 1.82) is 0 Å². The molecule has 0 spiro atoms. The van der Waals surface area contributed by atoms with Gasteiger partial charge in [-0.15, -0.1) is 0 Å². The van der Waals surface area contributed by atoms with Crippen LogP contribution in [0.2, 0.25) is 0 Å². The first-order valence-corrected chi connectivity index (χ1v) is 8.97. The van der Waals surface area contributed by atoms with E-state index < -0.39 is 11.7 Å². The molecule has 146 valence electrons. The number of para-hydroxylation sites is 2. The zero-order chi connectivity index (χ0) is 19.9. The van der Waals surface area contributed by atoms with Crippen molar-refractivity contribution in [3.63, 3.8) is 0 Å². The number of benzene rings is 2. The third-order valence-electron chi connectivity index (χ3n) is 4.06. The monoisotopic (exact) mass is 383 g/mol. The molecule has 0 aliphatic heterocycles. The Bertz CT molecular complexity index is 956. The number of amides is 1. The zero-order valence-electron chi connectivity index (χ0n) is 15.8. The summed E-state index contributed by atoms with van der Waals surface area (Å²) in [5.41, 5.74) is 1.23. The number of aromatic nitrogens is 2. The predicted octanol–water partition coefficient (Wildman–Crippen LogP) is 3.89. The maximum absolute atomic E-state index is 14.1. The van der Waals surface area contributed by atoms with E-state index in [1.807, 2.05) is 20.0 Å². The summed E-state index contributed by atoms with van der Waals surface area (Å²) in [6.45, 7) is 3.34. The van der Waals surface area contributed by atoms with Crippen LogP contribution in [0.25, 0.3) is 11.4 Å². The summed E-state index contributed by atoms with van der Waals surface area (Å²) in [6.07, 6.45) is 3.38. The van der Waals surface area contributed by atoms with Gasteiger partial charge < -0.3 is 19.4 Å². The predicted molar refractivity (Wildman–Crippen MR) is 105 cm³/mol. The van der Waals surface area contributed by atoms with Crippen molar-refractivity contribution in [1.82, 2.24) is 9.55 Å². The number of hydrogen-bond acceptors (Lipinski definition) is 4. The van der Waals surface area contributed by atoms with Gasteiger partial charge in [-0.3, -0.25) is 4.79 Å². The summed E-state index contributed by atoms with van der Waals surface area (Å²) >= 11 is 0. The molecule has 0 bridgehead atoms. The van der Waals surface area contributed by atoms with E-state index >= 15 is 0 Å². The van der Waals surface area contributed by atoms with Crippen molar-refractivity contribution in [2.24, 2.45) is 7.05 Å². The SMILES string of the molecule is CCOCCOc1ccccc1NC(=O)c1cc(F)cc(-c2nccn2C)c1. The third kappa shape index (κ3) is 4.75. The molecule has 0 unspecified atom stereocenters. The Labute approximate surface area is 162 Å². The van der Waals surface area contributed by atoms with E-state index in [9.17, 15) is 9.18 Å². The van der Waals surface area contributed by atoms with Gasteiger partial charge in [0.15, 0.2) is 0 Å². The summed E-state index contributed by atoms with van der Waals surface area (Å²) in [7, 11) is 1.81. The van der Waals surface area contributed by atoms with E-state index in [4.69, 9.17) is 9.47 Å². The number of ether oxygens (including phenoxy) is 2. The van der Waals surface area contributed by atoms with Gasteiger partial charge in [0, 0.05) is 37.2 Å². The van der Waals surface area contributed by atoms with Crippen LogP contribution in [0.1, 0.15) is 17.3 Å². The number of halogens is 1. The normalized spacial score (nSPS) is 10.7. The van der Waals surface area contributed by atoms with E-state index in [1.54, 1.807) is 41.2 Å². The molecule has 1 N–H and O–H groups in total. The largest absolute Gasteiger partial charge is 0.489 e. The molecule has 2 aromatic carbocycles. The lowest BCUT2D eigenvalue weighted by molar-refractivity contribution is 0.102. The van der Waals surface area contributed by atoms with Crippen LogP contribution in [-0.2, 0) is 11.8 Å². The smallest absolute Gasteiger partial charge is 0.255 e. The van der Waals surface area contributed by atoms with Crippen LogP contribution in [0.3, 0.4) is 0 Å². The highest BCUT2D eigenvalue weighted by molar-refractivity contribution is 6.05. The molecule has 1 amide bonds. The van der Waals surface area contributed by atoms with Crippen molar-refractivity contribution in [2.45, 2.75) is 6.92 Å². The Morgan fingerprint density at radius 1 is 1.21 bits per heavy atom. The average Bonchev–Trinajstić information content (AvgIpc) is 3.12. The van der Waals surface area contributed by atoms with Crippen molar-refractivity contribution < 1.29 is 18.7 Å². The second-order valence-electron chi connectivity index (χ2n) is 6.09. The maximum atomic E-state index is 14.1. The molecule has 7 heteroatoms. The maximum Gasteiger partial charge on any atom is 0.255 e. The Balaban J connectivity index is 1.79. The van der Waals surface area contributed by atoms with Crippen molar-refractivity contribution in [3.05, 3.63) is 66.2 Å². The van der Waals surface area contributed by atoms with E-state index in [0.717, 1.165) is 0 Å². The summed E-state index contributed by atoms with van der Waals surface area (Å²) in [6, 6.07) is 11.2. The molecule has 0 atom stereocenters. The average molecular weight is 383 g/mol. The molecule has 0 radical (unpaired) electrons. The first kappa shape index (κ1) is 19.6. The molecule has 1 aromatic heterocycles. The van der Waals surface area contributed by atoms with Gasteiger partial charge in [0.25, 0.3) is 5.91 Å². The van der Waals surface area contributed by atoms with Gasteiger partial charge in [-0.05, 0) is 37.3 Å². The minimum absolute atomic E-state index is 0.196. The summed E-state index contributed by atoms with van der Waals surface area (Å²) in [5.74, 6) is 0.159. The number of rotatable bonds is 8. The first-order chi connectivity index (χ1) is 13.6. The molecule has 1 heterocycles. The minimum atomic E-state index is -0.508. The van der Waals surface area contributed by atoms with E-state index in [1.165, 1.54) is 12.1 Å². The fourth-order valence-electron chi connectivity index (χ4n) is 2.74. The van der Waals surface area contributed by atoms with Gasteiger partial charge in [-0.1, -0.05) is 12.1 Å². The number of hydrogen-bond donors (Lipinski definition) is 1. The fraction of sp³-hybridized carbons (Fsp3) is 0.238. The molecule has 3 rings (SSSR count). The molecule has 0 saturated carbocycles. The second kappa shape index (κ2) is 9.14. The van der Waals surface area contributed by atoms with Crippen LogP contribution < -0.4 is 10.1 Å². The quantitative estimate of drug-likeness (QED) is 0.599. The molecule has 0 aliphatic carbocycles. The number of nitrogens with zero attached hydrogens (tertiary/aromatic N) is 2. The van der Waals surface area contributed by atoms with Crippen LogP contribution in [0.5, 0.6) is 5.75 Å². The van der Waals surface area contributed by atoms with Gasteiger partial charge in [-0.25, -0.2) is 9.37 Å². The molecule has 0 aliphatic rings. The Hall–Kier alpha value is -3.19. The first-order valence-electron chi connectivity index (χ1n) is 8.97. The molecule has 6 nitrogen and oxygen atoms in total. The second-order valence-corrected chi connectivity index (χ2v) is 6.09. The van der Waals surface area contributed by atoms with E-state index in [0.29, 0.717) is 42.6 Å². The van der Waals surface area contributed by atoms with Crippen molar-refractivity contribution in [2.75, 3.05) is 25.1 Å². The van der Waals surface area contributed by atoms with Crippen LogP contribution in [0.15, 0.2) is 54.9 Å². The van der Waals surface area contributed by atoms with Crippen molar-refractivity contribution >= 4 is 11.6 Å². The Kier molecular flexibility index (Phi) is 6.39. The van der Waals surface area contributed by atoms with Crippen LogP contribution in [0, 0.1) is 5.82 Å². The molecule has 0 saturated heterocycles. The number of anilines is 1. The lowest BCUT2D eigenvalue weighted by Gasteiger charge is -2.13. The highest BCUT2D eigenvalue weighted by Crippen LogP contribution is 2.25. The standard InChI is InChI=1S/C21H22FN3O3/c1-3-27-10-11-28-19-7-5-4-6-18(19)24-21(26)16-12-15(13-17(22)14-16)20-23-8-9-25(20)2/h4-9,12-14H,3,10-11H2,1-2H3,(H,24,26). The third-order valence-corrected chi connectivity index (χ3v) is 4.06. The zero-order valence-corrected chi connectivity index (χ0v) is 15.8. The van der Waals surface area contributed by atoms with Gasteiger partial charge in [0.2, 0.25) is 0 Å². The van der Waals surface area contributed by atoms with Gasteiger partial charge >= 0.3 is 0 Å².